The molecule has 1 amide bonds. The monoisotopic (exact) mass is 533 g/mol. The normalized spacial score (nSPS) is 11.2. The Morgan fingerprint density at radius 2 is 1.58 bits per heavy atom. The van der Waals surface area contributed by atoms with Gasteiger partial charge in [0.2, 0.25) is 15.9 Å². The highest BCUT2D eigenvalue weighted by atomic mass is 32.2. The Hall–Kier alpha value is -2.82. The summed E-state index contributed by atoms with van der Waals surface area (Å²) in [5, 5.41) is 5.43. The summed E-state index contributed by atoms with van der Waals surface area (Å²) in [5.41, 5.74) is 1.72. The third-order valence-corrected chi connectivity index (χ3v) is 7.34. The molecule has 0 aliphatic heterocycles. The quantitative estimate of drug-likeness (QED) is 0.212. The van der Waals surface area contributed by atoms with Gasteiger partial charge >= 0.3 is 5.97 Å². The van der Waals surface area contributed by atoms with E-state index in [1.54, 1.807) is 12.1 Å². The lowest BCUT2D eigenvalue weighted by Crippen LogP contribution is -2.34. The Labute approximate surface area is 219 Å². The number of thiocarbonyl (C=S) groups is 1. The van der Waals surface area contributed by atoms with E-state index in [0.29, 0.717) is 31.8 Å². The van der Waals surface area contributed by atoms with Crippen molar-refractivity contribution in [2.45, 2.75) is 57.3 Å². The topological polar surface area (TPSA) is 105 Å². The highest BCUT2D eigenvalue weighted by Crippen LogP contribution is 2.19. The number of aryl methyl sites for hydroxylation is 1. The SMILES string of the molecule is CCCN(CCC)S(=O)(=O)c1ccc(NC(=S)NC(=O)CCC(=O)OCCCc2ccccc2)cc1. The second-order valence-corrected chi connectivity index (χ2v) is 10.6. The first-order chi connectivity index (χ1) is 17.3. The summed E-state index contributed by atoms with van der Waals surface area (Å²) in [6, 6.07) is 16.1. The van der Waals surface area contributed by atoms with Crippen LogP contribution in [0.4, 0.5) is 5.69 Å². The molecule has 2 aromatic rings. The van der Waals surface area contributed by atoms with Gasteiger partial charge in [-0.05, 0) is 67.7 Å². The average Bonchev–Trinajstić information content (AvgIpc) is 2.86. The molecule has 10 heteroatoms. The Kier molecular flexibility index (Phi) is 12.5. The predicted octanol–water partition coefficient (Wildman–Crippen LogP) is 4.27. The highest BCUT2D eigenvalue weighted by Gasteiger charge is 2.22. The van der Waals surface area contributed by atoms with Crippen LogP contribution in [0, 0.1) is 0 Å². The molecule has 0 aliphatic rings. The van der Waals surface area contributed by atoms with Crippen molar-refractivity contribution in [3.63, 3.8) is 0 Å². The summed E-state index contributed by atoms with van der Waals surface area (Å²) in [6.45, 7) is 5.11. The maximum Gasteiger partial charge on any atom is 0.306 e. The molecule has 0 aliphatic carbocycles. The Morgan fingerprint density at radius 1 is 0.944 bits per heavy atom. The van der Waals surface area contributed by atoms with E-state index in [-0.39, 0.29) is 22.8 Å². The molecule has 0 fully saturated rings. The number of benzene rings is 2. The Morgan fingerprint density at radius 3 is 2.19 bits per heavy atom. The third kappa shape index (κ3) is 10.0. The zero-order chi connectivity index (χ0) is 26.4. The maximum absolute atomic E-state index is 12.9. The average molecular weight is 534 g/mol. The van der Waals surface area contributed by atoms with E-state index in [2.05, 4.69) is 10.6 Å². The fourth-order valence-electron chi connectivity index (χ4n) is 3.46. The second-order valence-electron chi connectivity index (χ2n) is 8.24. The largest absolute Gasteiger partial charge is 0.466 e. The van der Waals surface area contributed by atoms with E-state index in [1.807, 2.05) is 44.2 Å². The molecule has 0 saturated carbocycles. The van der Waals surface area contributed by atoms with Gasteiger partial charge in [-0.3, -0.25) is 9.59 Å². The maximum atomic E-state index is 12.9. The Balaban J connectivity index is 1.73. The highest BCUT2D eigenvalue weighted by molar-refractivity contribution is 7.89. The van der Waals surface area contributed by atoms with Crippen LogP contribution in [0.2, 0.25) is 0 Å². The van der Waals surface area contributed by atoms with Gasteiger partial charge in [0.15, 0.2) is 5.11 Å². The van der Waals surface area contributed by atoms with Gasteiger partial charge < -0.3 is 15.4 Å². The molecule has 196 valence electrons. The number of ether oxygens (including phenoxy) is 1. The second kappa shape index (κ2) is 15.3. The molecular weight excluding hydrogens is 498 g/mol. The van der Waals surface area contributed by atoms with Gasteiger partial charge in [-0.15, -0.1) is 0 Å². The van der Waals surface area contributed by atoms with Crippen LogP contribution >= 0.6 is 12.2 Å². The van der Waals surface area contributed by atoms with Crippen LogP contribution < -0.4 is 10.6 Å². The zero-order valence-electron chi connectivity index (χ0n) is 20.9. The van der Waals surface area contributed by atoms with Crippen LogP contribution in [-0.2, 0) is 30.8 Å². The van der Waals surface area contributed by atoms with E-state index >= 15 is 0 Å². The molecule has 0 spiro atoms. The van der Waals surface area contributed by atoms with Gasteiger partial charge in [-0.25, -0.2) is 8.42 Å². The summed E-state index contributed by atoms with van der Waals surface area (Å²) in [6.07, 6.45) is 2.90. The standard InChI is InChI=1S/C26H35N3O5S2/c1-3-18-29(19-4-2)36(32,33)23-14-12-22(13-15-23)27-26(35)28-24(30)16-17-25(31)34-20-8-11-21-9-6-5-7-10-21/h5-7,9-10,12-15H,3-4,8,11,16-20H2,1-2H3,(H2,27,28,30,35). The number of amides is 1. The summed E-state index contributed by atoms with van der Waals surface area (Å²) >= 11 is 5.16. The minimum Gasteiger partial charge on any atom is -0.466 e. The van der Waals surface area contributed by atoms with E-state index in [1.165, 1.54) is 22.0 Å². The van der Waals surface area contributed by atoms with Crippen molar-refractivity contribution in [2.75, 3.05) is 25.0 Å². The minimum absolute atomic E-state index is 0.0433. The number of rotatable bonds is 14. The number of esters is 1. The number of hydrogen-bond donors (Lipinski definition) is 2. The number of sulfonamides is 1. The van der Waals surface area contributed by atoms with Crippen molar-refractivity contribution >= 4 is 44.9 Å². The number of anilines is 1. The van der Waals surface area contributed by atoms with Crippen LogP contribution in [0.15, 0.2) is 59.5 Å². The van der Waals surface area contributed by atoms with Gasteiger partial charge in [0.25, 0.3) is 0 Å². The molecule has 0 aromatic heterocycles. The molecule has 8 nitrogen and oxygen atoms in total. The molecular formula is C26H35N3O5S2. The van der Waals surface area contributed by atoms with E-state index in [0.717, 1.165) is 19.3 Å². The summed E-state index contributed by atoms with van der Waals surface area (Å²) < 4.78 is 32.4. The van der Waals surface area contributed by atoms with E-state index in [9.17, 15) is 18.0 Å². The minimum atomic E-state index is -3.57. The number of hydrogen-bond acceptors (Lipinski definition) is 6. The van der Waals surface area contributed by atoms with Gasteiger partial charge in [-0.1, -0.05) is 44.2 Å². The Bertz CT molecular complexity index is 1080. The lowest BCUT2D eigenvalue weighted by molar-refractivity contribution is -0.145. The van der Waals surface area contributed by atoms with Crippen molar-refractivity contribution in [2.24, 2.45) is 0 Å². The van der Waals surface area contributed by atoms with E-state index in [4.69, 9.17) is 17.0 Å². The van der Waals surface area contributed by atoms with Crippen LogP contribution in [0.3, 0.4) is 0 Å². The predicted molar refractivity (Wildman–Crippen MR) is 145 cm³/mol. The molecule has 0 saturated heterocycles. The number of nitrogens with zero attached hydrogens (tertiary/aromatic N) is 1. The molecule has 0 atom stereocenters. The fraction of sp³-hybridized carbons (Fsp3) is 0.423. The van der Waals surface area contributed by atoms with E-state index < -0.39 is 21.9 Å². The first-order valence-corrected chi connectivity index (χ1v) is 14.0. The summed E-state index contributed by atoms with van der Waals surface area (Å²) in [5.74, 6) is -0.850. The lowest BCUT2D eigenvalue weighted by atomic mass is 10.1. The van der Waals surface area contributed by atoms with Gasteiger partial charge in [-0.2, -0.15) is 4.31 Å². The van der Waals surface area contributed by atoms with Gasteiger partial charge in [0, 0.05) is 25.2 Å². The van der Waals surface area contributed by atoms with Crippen LogP contribution in [-0.4, -0.2) is 49.4 Å². The summed E-state index contributed by atoms with van der Waals surface area (Å²) in [4.78, 5) is 24.2. The van der Waals surface area contributed by atoms with Gasteiger partial charge in [0.1, 0.15) is 0 Å². The zero-order valence-corrected chi connectivity index (χ0v) is 22.5. The van der Waals surface area contributed by atoms with Crippen molar-refractivity contribution < 1.29 is 22.7 Å². The molecule has 0 radical (unpaired) electrons. The van der Waals surface area contributed by atoms with Crippen molar-refractivity contribution in [3.8, 4) is 0 Å². The molecule has 0 heterocycles. The number of carbonyl (C=O) groups is 2. The molecule has 0 unspecified atom stereocenters. The molecule has 0 bridgehead atoms. The molecule has 2 aromatic carbocycles. The van der Waals surface area contributed by atoms with Gasteiger partial charge in [0.05, 0.1) is 17.9 Å². The first kappa shape index (κ1) is 29.4. The third-order valence-electron chi connectivity index (χ3n) is 5.22. The molecule has 2 rings (SSSR count). The molecule has 36 heavy (non-hydrogen) atoms. The van der Waals surface area contributed by atoms with Crippen LogP contribution in [0.25, 0.3) is 0 Å². The number of carbonyl (C=O) groups excluding carboxylic acids is 2. The van der Waals surface area contributed by atoms with Crippen LogP contribution in [0.1, 0.15) is 51.5 Å². The molecule has 2 N–H and O–H groups in total. The smallest absolute Gasteiger partial charge is 0.306 e. The van der Waals surface area contributed by atoms with Crippen LogP contribution in [0.5, 0.6) is 0 Å². The number of nitrogens with one attached hydrogen (secondary N) is 2. The van der Waals surface area contributed by atoms with Crippen molar-refractivity contribution in [1.82, 2.24) is 9.62 Å². The first-order valence-electron chi connectivity index (χ1n) is 12.2. The summed E-state index contributed by atoms with van der Waals surface area (Å²) in [7, 11) is -3.57. The van der Waals surface area contributed by atoms with Crippen molar-refractivity contribution in [3.05, 3.63) is 60.2 Å². The lowest BCUT2D eigenvalue weighted by Gasteiger charge is -2.21. The fourth-order valence-corrected chi connectivity index (χ4v) is 5.31. The van der Waals surface area contributed by atoms with Crippen molar-refractivity contribution in [1.29, 1.82) is 0 Å².